The smallest absolute Gasteiger partial charge is 0.328 e. The van der Waals surface area contributed by atoms with Crippen molar-refractivity contribution in [2.24, 2.45) is 0 Å². The second-order valence-corrected chi connectivity index (χ2v) is 5.00. The van der Waals surface area contributed by atoms with Crippen molar-refractivity contribution in [2.45, 2.75) is 33.0 Å². The quantitative estimate of drug-likeness (QED) is 0.860. The van der Waals surface area contributed by atoms with Gasteiger partial charge in [0.1, 0.15) is 11.7 Å². The summed E-state index contributed by atoms with van der Waals surface area (Å²) in [4.78, 5) is 25.0. The molecule has 0 aliphatic rings. The lowest BCUT2D eigenvalue weighted by atomic mass is 10.3. The third-order valence-corrected chi connectivity index (χ3v) is 3.38. The number of rotatable bonds is 6. The van der Waals surface area contributed by atoms with E-state index in [1.807, 2.05) is 19.2 Å². The van der Waals surface area contributed by atoms with Crippen LogP contribution in [-0.2, 0) is 17.9 Å². The molecular weight excluding hydrogens is 286 g/mol. The van der Waals surface area contributed by atoms with Crippen LogP contribution in [0.4, 0.5) is 0 Å². The first-order valence-corrected chi connectivity index (χ1v) is 6.98. The summed E-state index contributed by atoms with van der Waals surface area (Å²) in [6.45, 7) is 4.57. The average molecular weight is 305 g/mol. The molecule has 0 radical (unpaired) electrons. The molecule has 2 aromatic rings. The first kappa shape index (κ1) is 15.7. The van der Waals surface area contributed by atoms with Crippen LogP contribution in [0.5, 0.6) is 0 Å². The maximum Gasteiger partial charge on any atom is 0.328 e. The van der Waals surface area contributed by atoms with Crippen LogP contribution >= 0.6 is 0 Å². The van der Waals surface area contributed by atoms with E-state index in [0.717, 1.165) is 12.2 Å². The Hall–Kier alpha value is -2.64. The molecule has 0 spiro atoms. The molecule has 1 atom stereocenters. The van der Waals surface area contributed by atoms with E-state index in [1.165, 1.54) is 28.8 Å². The van der Waals surface area contributed by atoms with Gasteiger partial charge in [-0.1, -0.05) is 0 Å². The van der Waals surface area contributed by atoms with Gasteiger partial charge in [0, 0.05) is 26.0 Å². The second-order valence-electron chi connectivity index (χ2n) is 5.00. The zero-order valence-electron chi connectivity index (χ0n) is 12.8. The Kier molecular flexibility index (Phi) is 4.59. The fourth-order valence-electron chi connectivity index (χ4n) is 2.07. The summed E-state index contributed by atoms with van der Waals surface area (Å²) in [6, 6.07) is 2.47. The van der Waals surface area contributed by atoms with Crippen LogP contribution in [0.1, 0.15) is 36.1 Å². The van der Waals surface area contributed by atoms with Crippen molar-refractivity contribution in [1.82, 2.24) is 24.5 Å². The van der Waals surface area contributed by atoms with Gasteiger partial charge in [-0.2, -0.15) is 10.2 Å². The van der Waals surface area contributed by atoms with E-state index in [0.29, 0.717) is 6.54 Å². The molecule has 2 heterocycles. The highest BCUT2D eigenvalue weighted by Gasteiger charge is 2.23. The third kappa shape index (κ3) is 3.16. The number of hydrogen-bond acceptors (Lipinski definition) is 4. The van der Waals surface area contributed by atoms with Crippen molar-refractivity contribution in [3.63, 3.8) is 0 Å². The number of nitrogens with zero attached hydrogens (tertiary/aromatic N) is 5. The summed E-state index contributed by atoms with van der Waals surface area (Å²) in [5, 5.41) is 17.3. The van der Waals surface area contributed by atoms with Crippen molar-refractivity contribution in [1.29, 1.82) is 0 Å². The molecule has 22 heavy (non-hydrogen) atoms. The van der Waals surface area contributed by atoms with E-state index in [2.05, 4.69) is 10.2 Å². The molecule has 1 amide bonds. The minimum absolute atomic E-state index is 0.243. The van der Waals surface area contributed by atoms with Gasteiger partial charge in [-0.15, -0.1) is 0 Å². The third-order valence-electron chi connectivity index (χ3n) is 3.38. The number of hydrogen-bond donors (Lipinski definition) is 1. The van der Waals surface area contributed by atoms with Crippen LogP contribution in [0.25, 0.3) is 0 Å². The average Bonchev–Trinajstić information content (AvgIpc) is 3.14. The van der Waals surface area contributed by atoms with E-state index < -0.39 is 12.0 Å². The topological polar surface area (TPSA) is 93.2 Å². The Labute approximate surface area is 127 Å². The fourth-order valence-corrected chi connectivity index (χ4v) is 2.07. The molecule has 1 N–H and O–H groups in total. The molecule has 0 aromatic carbocycles. The van der Waals surface area contributed by atoms with Gasteiger partial charge in [-0.25, -0.2) is 9.48 Å². The van der Waals surface area contributed by atoms with Crippen LogP contribution in [0.15, 0.2) is 24.5 Å². The second kappa shape index (κ2) is 6.42. The Morgan fingerprint density at radius 1 is 1.41 bits per heavy atom. The Morgan fingerprint density at radius 3 is 2.73 bits per heavy atom. The summed E-state index contributed by atoms with van der Waals surface area (Å²) in [5.74, 6) is -1.33. The van der Waals surface area contributed by atoms with Crippen molar-refractivity contribution < 1.29 is 14.7 Å². The van der Waals surface area contributed by atoms with Crippen LogP contribution in [0, 0.1) is 0 Å². The minimum atomic E-state index is -1.04. The van der Waals surface area contributed by atoms with Crippen LogP contribution < -0.4 is 0 Å². The van der Waals surface area contributed by atoms with Crippen LogP contribution in [0.2, 0.25) is 0 Å². The number of aromatic nitrogens is 4. The molecule has 1 unspecified atom stereocenters. The Balaban J connectivity index is 2.14. The van der Waals surface area contributed by atoms with E-state index >= 15 is 0 Å². The lowest BCUT2D eigenvalue weighted by molar-refractivity contribution is -0.140. The first-order chi connectivity index (χ1) is 10.4. The molecule has 0 bridgehead atoms. The maximum atomic E-state index is 12.5. The van der Waals surface area contributed by atoms with Crippen molar-refractivity contribution in [2.75, 3.05) is 7.05 Å². The van der Waals surface area contributed by atoms with Gasteiger partial charge in [-0.3, -0.25) is 9.48 Å². The molecule has 2 aromatic heterocycles. The highest BCUT2D eigenvalue weighted by Crippen LogP contribution is 2.12. The van der Waals surface area contributed by atoms with E-state index in [1.54, 1.807) is 11.7 Å². The number of amides is 1. The molecular formula is C14H19N5O3. The molecule has 0 aliphatic heterocycles. The van der Waals surface area contributed by atoms with Gasteiger partial charge in [0.2, 0.25) is 0 Å². The van der Waals surface area contributed by atoms with E-state index in [9.17, 15) is 9.59 Å². The summed E-state index contributed by atoms with van der Waals surface area (Å²) in [7, 11) is 1.65. The molecule has 2 rings (SSSR count). The van der Waals surface area contributed by atoms with Crippen molar-refractivity contribution in [3.8, 4) is 0 Å². The molecule has 0 saturated carbocycles. The van der Waals surface area contributed by atoms with Crippen LogP contribution in [-0.4, -0.2) is 48.5 Å². The van der Waals surface area contributed by atoms with Crippen molar-refractivity contribution in [3.05, 3.63) is 35.9 Å². The predicted octanol–water partition coefficient (Wildman–Crippen LogP) is 1.02. The normalized spacial score (nSPS) is 12.1. The molecule has 8 nitrogen and oxygen atoms in total. The Bertz CT molecular complexity index is 676. The van der Waals surface area contributed by atoms with Crippen molar-refractivity contribution >= 4 is 11.9 Å². The first-order valence-electron chi connectivity index (χ1n) is 6.98. The highest BCUT2D eigenvalue weighted by atomic mass is 16.4. The SMILES string of the molecule is CCn1ccc(CN(C)C(=O)c2ccnn2C(C)C(=O)O)n1. The standard InChI is InChI=1S/C14H19N5O3/c1-4-18-8-6-11(16-18)9-17(3)13(20)12-5-7-15-19(12)10(2)14(21)22/h5-8,10H,4,9H2,1-3H3,(H,21,22). The summed E-state index contributed by atoms with van der Waals surface area (Å²) in [5.41, 5.74) is 1.02. The van der Waals surface area contributed by atoms with Gasteiger partial charge in [0.15, 0.2) is 0 Å². The van der Waals surface area contributed by atoms with Gasteiger partial charge in [-0.05, 0) is 26.0 Å². The number of carbonyl (C=O) groups is 2. The minimum Gasteiger partial charge on any atom is -0.480 e. The number of aliphatic carboxylic acids is 1. The lowest BCUT2D eigenvalue weighted by Crippen LogP contribution is -2.30. The lowest BCUT2D eigenvalue weighted by Gasteiger charge is -2.18. The number of carboxylic acids is 1. The zero-order valence-corrected chi connectivity index (χ0v) is 12.8. The van der Waals surface area contributed by atoms with Gasteiger partial charge in [0.05, 0.1) is 12.2 Å². The Morgan fingerprint density at radius 2 is 2.14 bits per heavy atom. The molecule has 0 aliphatic carbocycles. The van der Waals surface area contributed by atoms with Gasteiger partial charge >= 0.3 is 5.97 Å². The number of carbonyl (C=O) groups excluding carboxylic acids is 1. The maximum absolute atomic E-state index is 12.5. The molecule has 118 valence electrons. The molecule has 0 fully saturated rings. The van der Waals surface area contributed by atoms with Gasteiger partial charge < -0.3 is 10.0 Å². The van der Waals surface area contributed by atoms with E-state index in [4.69, 9.17) is 5.11 Å². The van der Waals surface area contributed by atoms with Gasteiger partial charge in [0.25, 0.3) is 5.91 Å². The highest BCUT2D eigenvalue weighted by molar-refractivity contribution is 5.92. The molecule has 0 saturated heterocycles. The zero-order chi connectivity index (χ0) is 16.3. The van der Waals surface area contributed by atoms with Crippen LogP contribution in [0.3, 0.4) is 0 Å². The monoisotopic (exact) mass is 305 g/mol. The number of carboxylic acid groups (broad SMARTS) is 1. The summed E-state index contributed by atoms with van der Waals surface area (Å²) in [6.07, 6.45) is 3.27. The summed E-state index contributed by atoms with van der Waals surface area (Å²) < 4.78 is 3.00. The fraction of sp³-hybridized carbons (Fsp3) is 0.429. The predicted molar refractivity (Wildman–Crippen MR) is 78.3 cm³/mol. The number of aryl methyl sites for hydroxylation is 1. The van der Waals surface area contributed by atoms with E-state index in [-0.39, 0.29) is 11.6 Å². The largest absolute Gasteiger partial charge is 0.480 e. The molecule has 8 heteroatoms. The summed E-state index contributed by atoms with van der Waals surface area (Å²) >= 11 is 0.